The number of hydrogen-bond acceptors (Lipinski definition) is 3. The summed E-state index contributed by atoms with van der Waals surface area (Å²) in [5, 5.41) is 0. The van der Waals surface area contributed by atoms with Crippen molar-refractivity contribution in [1.82, 2.24) is 9.80 Å². The largest absolute Gasteiger partial charge is 0.381 e. The minimum atomic E-state index is -0.633. The Morgan fingerprint density at radius 2 is 1.29 bits per heavy atom. The Balaban J connectivity index is 1.36. The van der Waals surface area contributed by atoms with Crippen LogP contribution in [0.15, 0.2) is 84.9 Å². The molecule has 0 bridgehead atoms. The van der Waals surface area contributed by atoms with Gasteiger partial charge >= 0.3 is 0 Å². The second-order valence-electron chi connectivity index (χ2n) is 9.25. The molecular formula is C29H31FN2O2. The van der Waals surface area contributed by atoms with E-state index < -0.39 is 5.41 Å². The molecule has 0 aromatic heterocycles. The molecule has 2 aliphatic rings. The summed E-state index contributed by atoms with van der Waals surface area (Å²) in [7, 11) is 0. The molecule has 0 unspecified atom stereocenters. The molecule has 176 valence electrons. The molecule has 0 saturated carbocycles. The SMILES string of the molecule is O=C(N1CCN(C(c2ccccc2)c2ccccc2)CC1)C1(c2ccc(F)cc2)CCOCC1. The van der Waals surface area contributed by atoms with Crippen LogP contribution in [0.2, 0.25) is 0 Å². The van der Waals surface area contributed by atoms with Crippen LogP contribution in [0.3, 0.4) is 0 Å². The van der Waals surface area contributed by atoms with Crippen molar-refractivity contribution in [2.45, 2.75) is 24.3 Å². The van der Waals surface area contributed by atoms with Gasteiger partial charge in [0.1, 0.15) is 5.82 Å². The molecule has 5 rings (SSSR count). The average molecular weight is 459 g/mol. The van der Waals surface area contributed by atoms with Crippen LogP contribution in [-0.4, -0.2) is 55.1 Å². The van der Waals surface area contributed by atoms with Gasteiger partial charge < -0.3 is 9.64 Å². The predicted octanol–water partition coefficient (Wildman–Crippen LogP) is 4.81. The van der Waals surface area contributed by atoms with E-state index in [4.69, 9.17) is 4.74 Å². The Bertz CT molecular complexity index is 1030. The smallest absolute Gasteiger partial charge is 0.233 e. The minimum absolute atomic E-state index is 0.151. The number of ether oxygens (including phenoxy) is 1. The summed E-state index contributed by atoms with van der Waals surface area (Å²) in [4.78, 5) is 18.4. The molecule has 3 aromatic carbocycles. The van der Waals surface area contributed by atoms with E-state index in [1.54, 1.807) is 12.1 Å². The lowest BCUT2D eigenvalue weighted by atomic mass is 9.73. The molecule has 0 radical (unpaired) electrons. The molecule has 3 aromatic rings. The van der Waals surface area contributed by atoms with Crippen molar-refractivity contribution in [2.75, 3.05) is 39.4 Å². The summed E-state index contributed by atoms with van der Waals surface area (Å²) < 4.78 is 19.2. The van der Waals surface area contributed by atoms with Gasteiger partial charge in [-0.15, -0.1) is 0 Å². The standard InChI is InChI=1S/C29H31FN2O2/c30-26-13-11-25(12-14-26)29(15-21-34-22-16-29)28(33)32-19-17-31(18-20-32)27(23-7-3-1-4-8-23)24-9-5-2-6-10-24/h1-14,27H,15-22H2. The number of nitrogens with zero attached hydrogens (tertiary/aromatic N) is 2. The third-order valence-electron chi connectivity index (χ3n) is 7.35. The van der Waals surface area contributed by atoms with E-state index in [0.29, 0.717) is 39.1 Å². The molecule has 34 heavy (non-hydrogen) atoms. The normalized spacial score (nSPS) is 18.7. The van der Waals surface area contributed by atoms with E-state index in [9.17, 15) is 9.18 Å². The highest BCUT2D eigenvalue weighted by atomic mass is 19.1. The van der Waals surface area contributed by atoms with Crippen LogP contribution in [0, 0.1) is 5.82 Å². The summed E-state index contributed by atoms with van der Waals surface area (Å²) >= 11 is 0. The average Bonchev–Trinajstić information content (AvgIpc) is 2.91. The van der Waals surface area contributed by atoms with Crippen molar-refractivity contribution in [3.63, 3.8) is 0 Å². The van der Waals surface area contributed by atoms with E-state index in [-0.39, 0.29) is 17.8 Å². The molecule has 2 saturated heterocycles. The highest BCUT2D eigenvalue weighted by molar-refractivity contribution is 5.88. The summed E-state index contributed by atoms with van der Waals surface area (Å²) in [6.07, 6.45) is 1.27. The zero-order valence-electron chi connectivity index (χ0n) is 19.4. The molecule has 1 amide bonds. The molecule has 0 spiro atoms. The summed E-state index contributed by atoms with van der Waals surface area (Å²) in [6, 6.07) is 27.8. The lowest BCUT2D eigenvalue weighted by molar-refractivity contribution is -0.143. The molecule has 4 nitrogen and oxygen atoms in total. The van der Waals surface area contributed by atoms with Crippen LogP contribution in [0.25, 0.3) is 0 Å². The van der Waals surface area contributed by atoms with Crippen molar-refractivity contribution >= 4 is 5.91 Å². The maximum absolute atomic E-state index is 13.9. The Morgan fingerprint density at radius 1 is 0.765 bits per heavy atom. The molecule has 0 N–H and O–H groups in total. The Morgan fingerprint density at radius 3 is 1.82 bits per heavy atom. The third-order valence-corrected chi connectivity index (χ3v) is 7.35. The number of carbonyl (C=O) groups is 1. The fourth-order valence-electron chi connectivity index (χ4n) is 5.49. The summed E-state index contributed by atoms with van der Waals surface area (Å²) in [6.45, 7) is 4.06. The van der Waals surface area contributed by atoms with Crippen LogP contribution >= 0.6 is 0 Å². The first-order chi connectivity index (χ1) is 16.7. The fraction of sp³-hybridized carbons (Fsp3) is 0.345. The van der Waals surface area contributed by atoms with Crippen LogP contribution in [0.5, 0.6) is 0 Å². The minimum Gasteiger partial charge on any atom is -0.381 e. The number of benzene rings is 3. The van der Waals surface area contributed by atoms with Gasteiger partial charge in [0, 0.05) is 39.4 Å². The number of halogens is 1. The third kappa shape index (κ3) is 4.50. The molecule has 0 atom stereocenters. The second kappa shape index (κ2) is 10.1. The summed E-state index contributed by atoms with van der Waals surface area (Å²) in [5.74, 6) is -0.127. The molecule has 5 heteroatoms. The van der Waals surface area contributed by atoms with Crippen molar-refractivity contribution in [1.29, 1.82) is 0 Å². The molecule has 2 heterocycles. The van der Waals surface area contributed by atoms with Gasteiger partial charge in [0.25, 0.3) is 0 Å². The Kier molecular flexibility index (Phi) is 6.75. The fourth-order valence-corrected chi connectivity index (χ4v) is 5.49. The first-order valence-corrected chi connectivity index (χ1v) is 12.1. The van der Waals surface area contributed by atoms with E-state index in [1.807, 2.05) is 17.0 Å². The van der Waals surface area contributed by atoms with E-state index >= 15 is 0 Å². The maximum Gasteiger partial charge on any atom is 0.233 e. The van der Waals surface area contributed by atoms with E-state index in [2.05, 4.69) is 53.4 Å². The highest BCUT2D eigenvalue weighted by Gasteiger charge is 2.45. The van der Waals surface area contributed by atoms with Gasteiger partial charge in [0.2, 0.25) is 5.91 Å². The maximum atomic E-state index is 13.9. The number of hydrogen-bond donors (Lipinski definition) is 0. The van der Waals surface area contributed by atoms with Gasteiger partial charge in [-0.25, -0.2) is 4.39 Å². The number of amides is 1. The van der Waals surface area contributed by atoms with Crippen LogP contribution < -0.4 is 0 Å². The van der Waals surface area contributed by atoms with Gasteiger partial charge in [-0.3, -0.25) is 9.69 Å². The lowest BCUT2D eigenvalue weighted by Gasteiger charge is -2.44. The van der Waals surface area contributed by atoms with E-state index in [1.165, 1.54) is 23.3 Å². The highest BCUT2D eigenvalue weighted by Crippen LogP contribution is 2.38. The topological polar surface area (TPSA) is 32.8 Å². The second-order valence-corrected chi connectivity index (χ2v) is 9.25. The quantitative estimate of drug-likeness (QED) is 0.550. The first kappa shape index (κ1) is 22.8. The Labute approximate surface area is 201 Å². The van der Waals surface area contributed by atoms with Crippen LogP contribution in [0.1, 0.15) is 35.6 Å². The van der Waals surface area contributed by atoms with Crippen molar-refractivity contribution in [3.8, 4) is 0 Å². The molecule has 2 fully saturated rings. The van der Waals surface area contributed by atoms with Gasteiger partial charge in [0.05, 0.1) is 11.5 Å². The van der Waals surface area contributed by atoms with Crippen LogP contribution in [0.4, 0.5) is 4.39 Å². The zero-order chi connectivity index (χ0) is 23.4. The molecule has 2 aliphatic heterocycles. The van der Waals surface area contributed by atoms with E-state index in [0.717, 1.165) is 18.7 Å². The van der Waals surface area contributed by atoms with Crippen LogP contribution in [-0.2, 0) is 14.9 Å². The van der Waals surface area contributed by atoms with Crippen molar-refractivity contribution < 1.29 is 13.9 Å². The number of carbonyl (C=O) groups excluding carboxylic acids is 1. The Hall–Kier alpha value is -3.02. The van der Waals surface area contributed by atoms with Crippen molar-refractivity contribution in [2.24, 2.45) is 0 Å². The number of piperazine rings is 1. The van der Waals surface area contributed by atoms with Gasteiger partial charge in [0.15, 0.2) is 0 Å². The van der Waals surface area contributed by atoms with Crippen molar-refractivity contribution in [3.05, 3.63) is 107 Å². The zero-order valence-corrected chi connectivity index (χ0v) is 19.4. The first-order valence-electron chi connectivity index (χ1n) is 12.1. The summed E-state index contributed by atoms with van der Waals surface area (Å²) in [5.41, 5.74) is 2.80. The van der Waals surface area contributed by atoms with Gasteiger partial charge in [-0.2, -0.15) is 0 Å². The monoisotopic (exact) mass is 458 g/mol. The van der Waals surface area contributed by atoms with Gasteiger partial charge in [-0.05, 0) is 41.7 Å². The number of rotatable bonds is 5. The molecule has 0 aliphatic carbocycles. The molecular weight excluding hydrogens is 427 g/mol. The van der Waals surface area contributed by atoms with Gasteiger partial charge in [-0.1, -0.05) is 72.8 Å². The lowest BCUT2D eigenvalue weighted by Crippen LogP contribution is -2.56. The predicted molar refractivity (Wildman–Crippen MR) is 131 cm³/mol.